The van der Waals surface area contributed by atoms with E-state index in [2.05, 4.69) is 25.2 Å². The van der Waals surface area contributed by atoms with Crippen molar-refractivity contribution in [2.24, 2.45) is 0 Å². The third-order valence-electron chi connectivity index (χ3n) is 2.12. The molecule has 5 nitrogen and oxygen atoms in total. The average molecular weight is 205 g/mol. The number of fused-ring (bicyclic) bond motifs is 1. The summed E-state index contributed by atoms with van der Waals surface area (Å²) in [5, 5.41) is 2.99. The van der Waals surface area contributed by atoms with Gasteiger partial charge in [-0.15, -0.1) is 0 Å². The van der Waals surface area contributed by atoms with E-state index in [1.807, 2.05) is 33.3 Å². The van der Waals surface area contributed by atoms with E-state index in [0.717, 1.165) is 29.4 Å². The van der Waals surface area contributed by atoms with E-state index < -0.39 is 0 Å². The molecular formula is C10H15N5. The van der Waals surface area contributed by atoms with Crippen LogP contribution < -0.4 is 5.32 Å². The Labute approximate surface area is 88.5 Å². The van der Waals surface area contributed by atoms with Crippen LogP contribution in [0.5, 0.6) is 0 Å². The maximum absolute atomic E-state index is 4.41. The van der Waals surface area contributed by atoms with Gasteiger partial charge in [0.2, 0.25) is 0 Å². The van der Waals surface area contributed by atoms with E-state index in [1.54, 1.807) is 0 Å². The molecule has 2 N–H and O–H groups in total. The van der Waals surface area contributed by atoms with Crippen LogP contribution in [0.25, 0.3) is 11.2 Å². The van der Waals surface area contributed by atoms with E-state index in [4.69, 9.17) is 0 Å². The summed E-state index contributed by atoms with van der Waals surface area (Å²) < 4.78 is 0. The van der Waals surface area contributed by atoms with Gasteiger partial charge >= 0.3 is 0 Å². The van der Waals surface area contributed by atoms with Crippen molar-refractivity contribution in [3.8, 4) is 0 Å². The molecule has 0 atom stereocenters. The van der Waals surface area contributed by atoms with Gasteiger partial charge in [-0.1, -0.05) is 0 Å². The van der Waals surface area contributed by atoms with Gasteiger partial charge in [-0.25, -0.2) is 9.97 Å². The Morgan fingerprint density at radius 2 is 2.13 bits per heavy atom. The Kier molecular flexibility index (Phi) is 2.55. The monoisotopic (exact) mass is 205 g/mol. The lowest BCUT2D eigenvalue weighted by Crippen LogP contribution is -2.11. The van der Waals surface area contributed by atoms with Crippen LogP contribution in [0.15, 0.2) is 12.1 Å². The molecule has 0 unspecified atom stereocenters. The lowest BCUT2D eigenvalue weighted by Gasteiger charge is -2.04. The summed E-state index contributed by atoms with van der Waals surface area (Å²) in [4.78, 5) is 14.1. The molecule has 0 aliphatic carbocycles. The highest BCUT2D eigenvalue weighted by molar-refractivity contribution is 5.72. The van der Waals surface area contributed by atoms with E-state index in [-0.39, 0.29) is 0 Å². The van der Waals surface area contributed by atoms with Crippen molar-refractivity contribution in [3.63, 3.8) is 0 Å². The standard InChI is InChI=1S/C10H15N5/c1-11-8-5-4-7-10(13-8)14-9(12-7)6-15(2)3/h4-5H,6H2,1-3H3,(H2,11,12,13,14). The molecule has 0 aliphatic rings. The smallest absolute Gasteiger partial charge is 0.179 e. The summed E-state index contributed by atoms with van der Waals surface area (Å²) >= 11 is 0. The highest BCUT2D eigenvalue weighted by atomic mass is 15.1. The topological polar surface area (TPSA) is 56.8 Å². The minimum absolute atomic E-state index is 0.763. The van der Waals surface area contributed by atoms with Gasteiger partial charge in [-0.3, -0.25) is 0 Å². The van der Waals surface area contributed by atoms with Gasteiger partial charge in [0.05, 0.1) is 12.1 Å². The fraction of sp³-hybridized carbons (Fsp3) is 0.400. The van der Waals surface area contributed by atoms with Crippen LogP contribution in [-0.4, -0.2) is 41.0 Å². The second-order valence-electron chi connectivity index (χ2n) is 3.74. The number of anilines is 1. The molecule has 2 heterocycles. The molecule has 0 saturated carbocycles. The maximum atomic E-state index is 4.41. The Balaban J connectivity index is 2.37. The molecule has 2 aromatic rings. The highest BCUT2D eigenvalue weighted by Gasteiger charge is 2.04. The van der Waals surface area contributed by atoms with E-state index in [0.29, 0.717) is 0 Å². The van der Waals surface area contributed by atoms with Crippen LogP contribution in [0.4, 0.5) is 5.82 Å². The first-order chi connectivity index (χ1) is 7.19. The fourth-order valence-electron chi connectivity index (χ4n) is 1.46. The second-order valence-corrected chi connectivity index (χ2v) is 3.74. The summed E-state index contributed by atoms with van der Waals surface area (Å²) in [6.07, 6.45) is 0. The van der Waals surface area contributed by atoms with Crippen LogP contribution in [0, 0.1) is 0 Å². The molecule has 0 amide bonds. The van der Waals surface area contributed by atoms with Gasteiger partial charge in [0.15, 0.2) is 5.65 Å². The van der Waals surface area contributed by atoms with Gasteiger partial charge in [-0.05, 0) is 26.2 Å². The number of imidazole rings is 1. The summed E-state index contributed by atoms with van der Waals surface area (Å²) in [5.41, 5.74) is 1.74. The van der Waals surface area contributed by atoms with Crippen LogP contribution in [0.3, 0.4) is 0 Å². The van der Waals surface area contributed by atoms with Crippen molar-refractivity contribution in [2.45, 2.75) is 6.54 Å². The van der Waals surface area contributed by atoms with Crippen molar-refractivity contribution < 1.29 is 0 Å². The zero-order valence-corrected chi connectivity index (χ0v) is 9.20. The molecule has 0 bridgehead atoms. The third-order valence-corrected chi connectivity index (χ3v) is 2.12. The first kappa shape index (κ1) is 9.92. The molecule has 5 heteroatoms. The van der Waals surface area contributed by atoms with Crippen molar-refractivity contribution in [2.75, 3.05) is 26.5 Å². The number of nitrogens with one attached hydrogen (secondary N) is 2. The van der Waals surface area contributed by atoms with Gasteiger partial charge < -0.3 is 15.2 Å². The quantitative estimate of drug-likeness (QED) is 0.786. The minimum atomic E-state index is 0.763. The average Bonchev–Trinajstić information content (AvgIpc) is 2.57. The largest absolute Gasteiger partial charge is 0.373 e. The summed E-state index contributed by atoms with van der Waals surface area (Å²) in [6.45, 7) is 0.797. The number of pyridine rings is 1. The predicted molar refractivity (Wildman–Crippen MR) is 60.8 cm³/mol. The molecule has 0 radical (unpaired) electrons. The highest BCUT2D eigenvalue weighted by Crippen LogP contribution is 2.12. The van der Waals surface area contributed by atoms with Crippen LogP contribution >= 0.6 is 0 Å². The van der Waals surface area contributed by atoms with Crippen molar-refractivity contribution in [1.29, 1.82) is 0 Å². The molecule has 0 aromatic carbocycles. The van der Waals surface area contributed by atoms with Gasteiger partial charge in [0.25, 0.3) is 0 Å². The molecule has 0 saturated heterocycles. The zero-order chi connectivity index (χ0) is 10.8. The Bertz CT molecular complexity index is 460. The first-order valence-corrected chi connectivity index (χ1v) is 4.87. The molecule has 0 spiro atoms. The number of aromatic nitrogens is 3. The number of rotatable bonds is 3. The van der Waals surface area contributed by atoms with Crippen LogP contribution in [0.2, 0.25) is 0 Å². The first-order valence-electron chi connectivity index (χ1n) is 4.87. The normalized spacial score (nSPS) is 11.2. The lowest BCUT2D eigenvalue weighted by atomic mass is 10.4. The molecule has 2 rings (SSSR count). The second kappa shape index (κ2) is 3.86. The number of aromatic amines is 1. The summed E-state index contributed by atoms with van der Waals surface area (Å²) in [7, 11) is 5.88. The summed E-state index contributed by atoms with van der Waals surface area (Å²) in [6, 6.07) is 3.92. The molecule has 2 aromatic heterocycles. The van der Waals surface area contributed by atoms with E-state index in [9.17, 15) is 0 Å². The van der Waals surface area contributed by atoms with E-state index >= 15 is 0 Å². The number of hydrogen-bond donors (Lipinski definition) is 2. The summed E-state index contributed by atoms with van der Waals surface area (Å²) in [5.74, 6) is 1.78. The molecule has 0 fully saturated rings. The van der Waals surface area contributed by atoms with Crippen molar-refractivity contribution >= 4 is 17.0 Å². The predicted octanol–water partition coefficient (Wildman–Crippen LogP) is 1.06. The number of H-pyrrole nitrogens is 1. The van der Waals surface area contributed by atoms with Gasteiger partial charge in [-0.2, -0.15) is 0 Å². The molecule has 80 valence electrons. The van der Waals surface area contributed by atoms with Crippen molar-refractivity contribution in [1.82, 2.24) is 19.9 Å². The Hall–Kier alpha value is -1.62. The maximum Gasteiger partial charge on any atom is 0.179 e. The lowest BCUT2D eigenvalue weighted by molar-refractivity contribution is 0.392. The third kappa shape index (κ3) is 2.07. The van der Waals surface area contributed by atoms with Crippen LogP contribution in [-0.2, 0) is 6.54 Å². The van der Waals surface area contributed by atoms with Gasteiger partial charge in [0, 0.05) is 7.05 Å². The molecule has 15 heavy (non-hydrogen) atoms. The number of nitrogens with zero attached hydrogens (tertiary/aromatic N) is 3. The fourth-order valence-corrected chi connectivity index (χ4v) is 1.46. The Morgan fingerprint density at radius 3 is 2.80 bits per heavy atom. The minimum Gasteiger partial charge on any atom is -0.373 e. The zero-order valence-electron chi connectivity index (χ0n) is 9.20. The van der Waals surface area contributed by atoms with Gasteiger partial charge in [0.1, 0.15) is 11.6 Å². The number of hydrogen-bond acceptors (Lipinski definition) is 4. The Morgan fingerprint density at radius 1 is 1.33 bits per heavy atom. The van der Waals surface area contributed by atoms with Crippen molar-refractivity contribution in [3.05, 3.63) is 18.0 Å². The molecule has 0 aliphatic heterocycles. The SMILES string of the molecule is CNc1ccc2[nH]c(CN(C)C)nc2n1. The molecular weight excluding hydrogens is 190 g/mol. The van der Waals surface area contributed by atoms with E-state index in [1.165, 1.54) is 0 Å². The van der Waals surface area contributed by atoms with Crippen LogP contribution in [0.1, 0.15) is 5.82 Å².